The van der Waals surface area contributed by atoms with Crippen molar-refractivity contribution in [3.05, 3.63) is 47.5 Å². The quantitative estimate of drug-likeness (QED) is 0.762. The van der Waals surface area contributed by atoms with Crippen LogP contribution in [0.4, 0.5) is 4.79 Å². The molecule has 0 saturated carbocycles. The Bertz CT molecular complexity index is 970. The standard InChI is InChI=1S/C13H8ClN3O4S2/c14-8-4-6-9(7-5-8)23(19,20)16-13(18)21-11-3-1-2-10-12(11)22-17-15-10/h1-7H,(H,16,18). The molecule has 1 N–H and O–H groups in total. The Hall–Kier alpha value is -2.23. The van der Waals surface area contributed by atoms with Gasteiger partial charge in [-0.1, -0.05) is 22.2 Å². The molecule has 0 unspecified atom stereocenters. The van der Waals surface area contributed by atoms with Crippen molar-refractivity contribution in [2.24, 2.45) is 0 Å². The Morgan fingerprint density at radius 2 is 1.91 bits per heavy atom. The number of carbonyl (C=O) groups is 1. The Balaban J connectivity index is 1.79. The zero-order chi connectivity index (χ0) is 16.4. The van der Waals surface area contributed by atoms with Crippen LogP contribution in [0.3, 0.4) is 0 Å². The summed E-state index contributed by atoms with van der Waals surface area (Å²) in [7, 11) is -4.05. The van der Waals surface area contributed by atoms with Gasteiger partial charge in [0.05, 0.1) is 4.90 Å². The first kappa shape index (κ1) is 15.7. The molecule has 1 heterocycles. The highest BCUT2D eigenvalue weighted by molar-refractivity contribution is 7.90. The minimum absolute atomic E-state index is 0.100. The lowest BCUT2D eigenvalue weighted by atomic mass is 10.3. The maximum atomic E-state index is 12.1. The Morgan fingerprint density at radius 1 is 1.17 bits per heavy atom. The van der Waals surface area contributed by atoms with Gasteiger partial charge in [0, 0.05) is 5.02 Å². The van der Waals surface area contributed by atoms with E-state index in [1.54, 1.807) is 12.1 Å². The van der Waals surface area contributed by atoms with Crippen molar-refractivity contribution < 1.29 is 17.9 Å². The van der Waals surface area contributed by atoms with Gasteiger partial charge >= 0.3 is 6.09 Å². The number of carbonyl (C=O) groups excluding carboxylic acids is 1. The van der Waals surface area contributed by atoms with Gasteiger partial charge in [0.2, 0.25) is 0 Å². The van der Waals surface area contributed by atoms with E-state index < -0.39 is 16.1 Å². The minimum atomic E-state index is -4.05. The summed E-state index contributed by atoms with van der Waals surface area (Å²) < 4.78 is 35.3. The lowest BCUT2D eigenvalue weighted by Gasteiger charge is -2.08. The molecule has 0 radical (unpaired) electrons. The molecule has 10 heteroatoms. The molecule has 0 saturated heterocycles. The lowest BCUT2D eigenvalue weighted by molar-refractivity contribution is 0.207. The number of aromatic nitrogens is 2. The first-order valence-corrected chi connectivity index (χ1v) is 8.80. The average molecular weight is 370 g/mol. The molecule has 1 aromatic heterocycles. The highest BCUT2D eigenvalue weighted by Crippen LogP contribution is 2.27. The van der Waals surface area contributed by atoms with Crippen LogP contribution in [-0.4, -0.2) is 24.1 Å². The van der Waals surface area contributed by atoms with Crippen molar-refractivity contribution in [1.82, 2.24) is 14.3 Å². The summed E-state index contributed by atoms with van der Waals surface area (Å²) in [5.74, 6) is 0.182. The maximum absolute atomic E-state index is 12.1. The molecule has 118 valence electrons. The highest BCUT2D eigenvalue weighted by atomic mass is 35.5. The fourth-order valence-corrected chi connectivity index (χ4v) is 3.38. The van der Waals surface area contributed by atoms with E-state index in [1.165, 1.54) is 30.3 Å². The van der Waals surface area contributed by atoms with E-state index in [0.29, 0.717) is 15.2 Å². The fourth-order valence-electron chi connectivity index (χ4n) is 1.76. The number of hydrogen-bond acceptors (Lipinski definition) is 7. The summed E-state index contributed by atoms with van der Waals surface area (Å²) in [4.78, 5) is 11.8. The van der Waals surface area contributed by atoms with Crippen molar-refractivity contribution in [2.75, 3.05) is 0 Å². The third-order valence-corrected chi connectivity index (χ3v) is 5.12. The highest BCUT2D eigenvalue weighted by Gasteiger charge is 2.20. The van der Waals surface area contributed by atoms with E-state index in [0.717, 1.165) is 11.5 Å². The Labute approximate surface area is 140 Å². The zero-order valence-corrected chi connectivity index (χ0v) is 13.7. The van der Waals surface area contributed by atoms with E-state index in [1.807, 2.05) is 4.72 Å². The van der Waals surface area contributed by atoms with E-state index in [4.69, 9.17) is 16.3 Å². The first-order chi connectivity index (χ1) is 11.0. The molecule has 0 aliphatic carbocycles. The third-order valence-electron chi connectivity index (χ3n) is 2.78. The van der Waals surface area contributed by atoms with Crippen LogP contribution in [-0.2, 0) is 10.0 Å². The number of fused-ring (bicyclic) bond motifs is 1. The van der Waals surface area contributed by atoms with E-state index in [-0.39, 0.29) is 10.6 Å². The van der Waals surface area contributed by atoms with Crippen molar-refractivity contribution in [3.63, 3.8) is 0 Å². The summed E-state index contributed by atoms with van der Waals surface area (Å²) in [5, 5.41) is 4.23. The normalized spacial score (nSPS) is 11.3. The lowest BCUT2D eigenvalue weighted by Crippen LogP contribution is -2.33. The van der Waals surface area contributed by atoms with Crippen LogP contribution in [0.2, 0.25) is 5.02 Å². The van der Waals surface area contributed by atoms with Crippen LogP contribution in [0, 0.1) is 0 Å². The van der Waals surface area contributed by atoms with E-state index >= 15 is 0 Å². The molecule has 7 nitrogen and oxygen atoms in total. The summed E-state index contributed by atoms with van der Waals surface area (Å²) in [5.41, 5.74) is 0.556. The monoisotopic (exact) mass is 369 g/mol. The number of halogens is 1. The molecule has 0 aliphatic rings. The van der Waals surface area contributed by atoms with Crippen molar-refractivity contribution in [3.8, 4) is 5.75 Å². The largest absolute Gasteiger partial charge is 0.426 e. The third kappa shape index (κ3) is 3.41. The number of sulfonamides is 1. The van der Waals surface area contributed by atoms with Crippen molar-refractivity contribution >= 4 is 49.5 Å². The molecule has 0 aliphatic heterocycles. The maximum Gasteiger partial charge on any atom is 0.426 e. The second-order valence-corrected chi connectivity index (χ2v) is 7.20. The van der Waals surface area contributed by atoms with Crippen LogP contribution in [0.1, 0.15) is 0 Å². The van der Waals surface area contributed by atoms with Crippen LogP contribution >= 0.6 is 23.1 Å². The number of amides is 1. The summed E-state index contributed by atoms with van der Waals surface area (Å²) in [6.45, 7) is 0. The van der Waals surface area contributed by atoms with Crippen LogP contribution in [0.5, 0.6) is 5.75 Å². The minimum Gasteiger partial charge on any atom is -0.408 e. The molecule has 3 aromatic rings. The topological polar surface area (TPSA) is 98.2 Å². The average Bonchev–Trinajstić information content (AvgIpc) is 2.96. The molecule has 3 rings (SSSR count). The molecule has 0 atom stereocenters. The summed E-state index contributed by atoms with van der Waals surface area (Å²) in [6, 6.07) is 10.2. The van der Waals surface area contributed by atoms with Crippen LogP contribution in [0.25, 0.3) is 10.2 Å². The van der Waals surface area contributed by atoms with Gasteiger partial charge in [-0.25, -0.2) is 17.9 Å². The van der Waals surface area contributed by atoms with Gasteiger partial charge in [-0.2, -0.15) is 0 Å². The molecular formula is C13H8ClN3O4S2. The number of rotatable bonds is 3. The number of nitrogens with zero attached hydrogens (tertiary/aromatic N) is 2. The number of benzene rings is 2. The molecule has 0 bridgehead atoms. The van der Waals surface area contributed by atoms with Crippen LogP contribution < -0.4 is 9.46 Å². The van der Waals surface area contributed by atoms with Gasteiger partial charge in [0.15, 0.2) is 5.75 Å². The molecular weight excluding hydrogens is 362 g/mol. The number of hydrogen-bond donors (Lipinski definition) is 1. The van der Waals surface area contributed by atoms with Gasteiger partial charge in [0.25, 0.3) is 10.0 Å². The van der Waals surface area contributed by atoms with E-state index in [9.17, 15) is 13.2 Å². The summed E-state index contributed by atoms with van der Waals surface area (Å²) >= 11 is 6.74. The first-order valence-electron chi connectivity index (χ1n) is 6.17. The van der Waals surface area contributed by atoms with Gasteiger partial charge in [-0.3, -0.25) is 0 Å². The fraction of sp³-hybridized carbons (Fsp3) is 0. The predicted molar refractivity (Wildman–Crippen MR) is 85.2 cm³/mol. The molecule has 0 fully saturated rings. The predicted octanol–water partition coefficient (Wildman–Crippen LogP) is 2.82. The van der Waals surface area contributed by atoms with Gasteiger partial charge < -0.3 is 4.74 Å². The molecule has 0 spiro atoms. The number of ether oxygens (including phenoxy) is 1. The van der Waals surface area contributed by atoms with Gasteiger partial charge in [0.1, 0.15) is 10.2 Å². The second-order valence-electron chi connectivity index (χ2n) is 4.33. The van der Waals surface area contributed by atoms with Crippen molar-refractivity contribution in [2.45, 2.75) is 4.90 Å². The second kappa shape index (κ2) is 6.11. The summed E-state index contributed by atoms with van der Waals surface area (Å²) in [6.07, 6.45) is -1.12. The van der Waals surface area contributed by atoms with Crippen molar-refractivity contribution in [1.29, 1.82) is 0 Å². The molecule has 2 aromatic carbocycles. The van der Waals surface area contributed by atoms with Crippen LogP contribution in [0.15, 0.2) is 47.4 Å². The smallest absolute Gasteiger partial charge is 0.408 e. The SMILES string of the molecule is O=C(NS(=O)(=O)c1ccc(Cl)cc1)Oc1cccc2nnsc12. The van der Waals surface area contributed by atoms with E-state index in [2.05, 4.69) is 9.59 Å². The zero-order valence-electron chi connectivity index (χ0n) is 11.3. The van der Waals surface area contributed by atoms with Gasteiger partial charge in [-0.05, 0) is 47.9 Å². The van der Waals surface area contributed by atoms with Gasteiger partial charge in [-0.15, -0.1) is 5.10 Å². The molecule has 1 amide bonds. The Morgan fingerprint density at radius 3 is 2.65 bits per heavy atom. The number of nitrogens with one attached hydrogen (secondary N) is 1. The molecule has 23 heavy (non-hydrogen) atoms. The Kier molecular flexibility index (Phi) is 4.16.